The highest BCUT2D eigenvalue weighted by molar-refractivity contribution is 5.97. The zero-order valence-electron chi connectivity index (χ0n) is 21.4. The molecule has 0 saturated heterocycles. The smallest absolute Gasteiger partial charge is 0.255 e. The SMILES string of the molecule is CCOc1ccc(CCNC(=O)c2cc(C34CC5CC(CC(C5)C3)C4)ccc2OC)cc1OCC. The van der Waals surface area contributed by atoms with E-state index in [9.17, 15) is 4.79 Å². The van der Waals surface area contributed by atoms with Crippen molar-refractivity contribution in [3.05, 3.63) is 53.1 Å². The van der Waals surface area contributed by atoms with Crippen LogP contribution in [0.15, 0.2) is 36.4 Å². The lowest BCUT2D eigenvalue weighted by molar-refractivity contribution is -0.00522. The third-order valence-corrected chi connectivity index (χ3v) is 8.40. The molecule has 5 nitrogen and oxygen atoms in total. The molecule has 4 saturated carbocycles. The first-order chi connectivity index (χ1) is 17.0. The van der Waals surface area contributed by atoms with Crippen molar-refractivity contribution in [1.82, 2.24) is 5.32 Å². The van der Waals surface area contributed by atoms with Crippen molar-refractivity contribution in [2.75, 3.05) is 26.9 Å². The maximum atomic E-state index is 13.3. The monoisotopic (exact) mass is 477 g/mol. The lowest BCUT2D eigenvalue weighted by Crippen LogP contribution is -2.48. The first-order valence-electron chi connectivity index (χ1n) is 13.4. The summed E-state index contributed by atoms with van der Waals surface area (Å²) in [5.41, 5.74) is 3.36. The fraction of sp³-hybridized carbons (Fsp3) is 0.567. The average Bonchev–Trinajstić information content (AvgIpc) is 2.84. The summed E-state index contributed by atoms with van der Waals surface area (Å²) in [6.07, 6.45) is 8.82. The Morgan fingerprint density at radius 1 is 0.886 bits per heavy atom. The Morgan fingerprint density at radius 2 is 1.51 bits per heavy atom. The molecular formula is C30H39NO4. The Balaban J connectivity index is 1.28. The molecule has 4 aliphatic carbocycles. The molecule has 0 atom stereocenters. The standard InChI is InChI=1S/C30H39NO4/c1-4-34-27-8-6-20(15-28(27)35-5-2)10-11-31-29(32)25-16-24(7-9-26(25)33-3)30-17-21-12-22(18-30)14-23(13-21)19-30/h6-9,15-16,21-23H,4-5,10-14,17-19H2,1-3H3,(H,31,32). The fourth-order valence-corrected chi connectivity index (χ4v) is 7.35. The normalized spacial score (nSPS) is 26.4. The molecule has 35 heavy (non-hydrogen) atoms. The molecule has 0 spiro atoms. The van der Waals surface area contributed by atoms with Crippen LogP contribution >= 0.6 is 0 Å². The second-order valence-electron chi connectivity index (χ2n) is 10.8. The Labute approximate surface area is 209 Å². The lowest BCUT2D eigenvalue weighted by atomic mass is 9.48. The number of carbonyl (C=O) groups excluding carboxylic acids is 1. The summed E-state index contributed by atoms with van der Waals surface area (Å²) in [6, 6.07) is 12.3. The molecule has 0 heterocycles. The van der Waals surface area contributed by atoms with Crippen LogP contribution in [0.4, 0.5) is 0 Å². The number of amides is 1. The summed E-state index contributed by atoms with van der Waals surface area (Å²) >= 11 is 0. The number of hydrogen-bond acceptors (Lipinski definition) is 4. The molecule has 0 unspecified atom stereocenters. The second-order valence-corrected chi connectivity index (χ2v) is 10.8. The van der Waals surface area contributed by atoms with E-state index in [0.717, 1.165) is 41.2 Å². The fourth-order valence-electron chi connectivity index (χ4n) is 7.35. The summed E-state index contributed by atoms with van der Waals surface area (Å²) in [4.78, 5) is 13.3. The van der Waals surface area contributed by atoms with Gasteiger partial charge in [-0.2, -0.15) is 0 Å². The Bertz CT molecular complexity index is 1030. The van der Waals surface area contributed by atoms with Gasteiger partial charge in [0.2, 0.25) is 0 Å². The van der Waals surface area contributed by atoms with E-state index in [0.29, 0.717) is 31.1 Å². The summed E-state index contributed by atoms with van der Waals surface area (Å²) in [5, 5.41) is 3.12. The number of ether oxygens (including phenoxy) is 3. The van der Waals surface area contributed by atoms with Gasteiger partial charge in [-0.3, -0.25) is 4.79 Å². The van der Waals surface area contributed by atoms with Gasteiger partial charge in [-0.05, 0) is 117 Å². The molecule has 188 valence electrons. The highest BCUT2D eigenvalue weighted by Gasteiger charge is 2.51. The molecule has 0 aromatic heterocycles. The number of carbonyl (C=O) groups is 1. The molecule has 1 N–H and O–H groups in total. The van der Waals surface area contributed by atoms with Gasteiger partial charge in [0.05, 0.1) is 25.9 Å². The predicted molar refractivity (Wildman–Crippen MR) is 138 cm³/mol. The van der Waals surface area contributed by atoms with Crippen LogP contribution in [0.2, 0.25) is 0 Å². The molecule has 6 rings (SSSR count). The molecule has 0 radical (unpaired) electrons. The quantitative estimate of drug-likeness (QED) is 0.461. The van der Waals surface area contributed by atoms with E-state index in [2.05, 4.69) is 17.4 Å². The van der Waals surface area contributed by atoms with Crippen molar-refractivity contribution in [2.45, 2.75) is 64.2 Å². The van der Waals surface area contributed by atoms with Crippen LogP contribution in [0.5, 0.6) is 17.2 Å². The summed E-state index contributed by atoms with van der Waals surface area (Å²) < 4.78 is 17.0. The summed E-state index contributed by atoms with van der Waals surface area (Å²) in [5.74, 6) is 4.71. The van der Waals surface area contributed by atoms with Crippen molar-refractivity contribution in [2.24, 2.45) is 17.8 Å². The summed E-state index contributed by atoms with van der Waals surface area (Å²) in [6.45, 7) is 5.65. The van der Waals surface area contributed by atoms with E-state index in [4.69, 9.17) is 14.2 Å². The third-order valence-electron chi connectivity index (χ3n) is 8.40. The van der Waals surface area contributed by atoms with Gasteiger partial charge >= 0.3 is 0 Å². The van der Waals surface area contributed by atoms with E-state index in [1.165, 1.54) is 44.1 Å². The molecule has 4 fully saturated rings. The maximum Gasteiger partial charge on any atom is 0.255 e. The van der Waals surface area contributed by atoms with Crippen molar-refractivity contribution in [3.8, 4) is 17.2 Å². The van der Waals surface area contributed by atoms with Gasteiger partial charge in [0.1, 0.15) is 5.75 Å². The lowest BCUT2D eigenvalue weighted by Gasteiger charge is -2.57. The summed E-state index contributed by atoms with van der Waals surface area (Å²) in [7, 11) is 1.64. The zero-order chi connectivity index (χ0) is 24.4. The first kappa shape index (κ1) is 24.0. The Hall–Kier alpha value is -2.69. The molecule has 2 aromatic rings. The van der Waals surface area contributed by atoms with Crippen LogP contribution in [0.1, 0.15) is 73.9 Å². The number of benzene rings is 2. The van der Waals surface area contributed by atoms with Gasteiger partial charge in [-0.15, -0.1) is 0 Å². The van der Waals surface area contributed by atoms with Crippen molar-refractivity contribution >= 4 is 5.91 Å². The van der Waals surface area contributed by atoms with E-state index in [1.807, 2.05) is 38.1 Å². The number of rotatable bonds is 10. The second kappa shape index (κ2) is 10.1. The van der Waals surface area contributed by atoms with Crippen molar-refractivity contribution in [3.63, 3.8) is 0 Å². The van der Waals surface area contributed by atoms with Crippen LogP contribution < -0.4 is 19.5 Å². The van der Waals surface area contributed by atoms with Gasteiger partial charge in [0.15, 0.2) is 11.5 Å². The predicted octanol–water partition coefficient (Wildman–Crippen LogP) is 5.93. The average molecular weight is 478 g/mol. The third kappa shape index (κ3) is 4.87. The van der Waals surface area contributed by atoms with Crippen LogP contribution in [-0.4, -0.2) is 32.8 Å². The molecule has 0 aliphatic heterocycles. The largest absolute Gasteiger partial charge is 0.496 e. The molecule has 2 aromatic carbocycles. The number of methoxy groups -OCH3 is 1. The molecule has 1 amide bonds. The molecule has 4 aliphatic rings. The molecule has 4 bridgehead atoms. The van der Waals surface area contributed by atoms with Crippen LogP contribution in [-0.2, 0) is 11.8 Å². The van der Waals surface area contributed by atoms with E-state index >= 15 is 0 Å². The minimum absolute atomic E-state index is 0.0654. The highest BCUT2D eigenvalue weighted by Crippen LogP contribution is 2.60. The Morgan fingerprint density at radius 3 is 2.14 bits per heavy atom. The van der Waals surface area contributed by atoms with Crippen molar-refractivity contribution in [1.29, 1.82) is 0 Å². The number of hydrogen-bond donors (Lipinski definition) is 1. The minimum Gasteiger partial charge on any atom is -0.496 e. The van der Waals surface area contributed by atoms with Crippen LogP contribution in [0, 0.1) is 17.8 Å². The zero-order valence-corrected chi connectivity index (χ0v) is 21.4. The highest BCUT2D eigenvalue weighted by atomic mass is 16.5. The van der Waals surface area contributed by atoms with Gasteiger partial charge in [-0.1, -0.05) is 12.1 Å². The van der Waals surface area contributed by atoms with Crippen molar-refractivity contribution < 1.29 is 19.0 Å². The van der Waals surface area contributed by atoms with E-state index in [1.54, 1.807) is 7.11 Å². The molecule has 5 heteroatoms. The van der Waals surface area contributed by atoms with Crippen LogP contribution in [0.3, 0.4) is 0 Å². The minimum atomic E-state index is -0.0654. The Kier molecular flexibility index (Phi) is 6.95. The van der Waals surface area contributed by atoms with Crippen LogP contribution in [0.25, 0.3) is 0 Å². The van der Waals surface area contributed by atoms with Gasteiger partial charge in [-0.25, -0.2) is 0 Å². The molecular weight excluding hydrogens is 438 g/mol. The van der Waals surface area contributed by atoms with E-state index in [-0.39, 0.29) is 11.3 Å². The van der Waals surface area contributed by atoms with Gasteiger partial charge in [0.25, 0.3) is 5.91 Å². The van der Waals surface area contributed by atoms with E-state index < -0.39 is 0 Å². The first-order valence-corrected chi connectivity index (χ1v) is 13.4. The van der Waals surface area contributed by atoms with Gasteiger partial charge in [0, 0.05) is 6.54 Å². The maximum absolute atomic E-state index is 13.3. The number of nitrogens with one attached hydrogen (secondary N) is 1. The topological polar surface area (TPSA) is 56.8 Å². The van der Waals surface area contributed by atoms with Gasteiger partial charge < -0.3 is 19.5 Å².